The fraction of sp³-hybridized carbons (Fsp3) is 0.929. The number of aliphatic hydroxyl groups is 1. The third-order valence-corrected chi connectivity index (χ3v) is 3.29. The van der Waals surface area contributed by atoms with Gasteiger partial charge in [0.05, 0.1) is 37.8 Å². The van der Waals surface area contributed by atoms with E-state index >= 15 is 0 Å². The predicted molar refractivity (Wildman–Crippen MR) is 77.1 cm³/mol. The summed E-state index contributed by atoms with van der Waals surface area (Å²) in [4.78, 5) is 13.3. The maximum atomic E-state index is 12.7. The van der Waals surface area contributed by atoms with Gasteiger partial charge in [-0.25, -0.2) is 4.79 Å². The van der Waals surface area contributed by atoms with Crippen molar-refractivity contribution in [1.82, 2.24) is 10.2 Å². The van der Waals surface area contributed by atoms with Crippen molar-refractivity contribution < 1.29 is 32.5 Å². The van der Waals surface area contributed by atoms with Crippen LogP contribution < -0.4 is 5.32 Å². The Morgan fingerprint density at radius 1 is 1.39 bits per heavy atom. The summed E-state index contributed by atoms with van der Waals surface area (Å²) in [6.07, 6.45) is -7.26. The topological polar surface area (TPSA) is 71.0 Å². The molecule has 1 aliphatic rings. The van der Waals surface area contributed by atoms with Crippen molar-refractivity contribution in [2.45, 2.75) is 57.2 Å². The molecule has 136 valence electrons. The minimum Gasteiger partial charge on any atom is -0.444 e. The van der Waals surface area contributed by atoms with E-state index in [9.17, 15) is 23.1 Å². The number of amides is 1. The Hall–Kier alpha value is -1.06. The first kappa shape index (κ1) is 20.0. The number of nitrogens with zero attached hydrogens (tertiary/aromatic N) is 1. The SMILES string of the molecule is CN(CC(CC(F)(F)F)NC(=O)OC(C)(C)C)[C@@H]1COC[C@H]1O. The van der Waals surface area contributed by atoms with Crippen molar-refractivity contribution in [2.75, 3.05) is 26.8 Å². The molecule has 23 heavy (non-hydrogen) atoms. The Morgan fingerprint density at radius 2 is 2.00 bits per heavy atom. The van der Waals surface area contributed by atoms with Crippen LogP contribution in [0.5, 0.6) is 0 Å². The lowest BCUT2D eigenvalue weighted by atomic mass is 10.1. The molecule has 6 nitrogen and oxygen atoms in total. The van der Waals surface area contributed by atoms with Gasteiger partial charge in [-0.1, -0.05) is 0 Å². The molecule has 1 rings (SSSR count). The highest BCUT2D eigenvalue weighted by molar-refractivity contribution is 5.68. The zero-order chi connectivity index (χ0) is 17.8. The molecule has 1 heterocycles. The molecule has 0 aromatic heterocycles. The summed E-state index contributed by atoms with van der Waals surface area (Å²) in [7, 11) is 1.59. The van der Waals surface area contributed by atoms with Crippen LogP contribution in [0.2, 0.25) is 0 Å². The molecule has 3 atom stereocenters. The van der Waals surface area contributed by atoms with Crippen molar-refractivity contribution in [2.24, 2.45) is 0 Å². The second-order valence-electron chi connectivity index (χ2n) is 6.77. The Morgan fingerprint density at radius 3 is 2.43 bits per heavy atom. The van der Waals surface area contributed by atoms with Crippen molar-refractivity contribution in [3.05, 3.63) is 0 Å². The predicted octanol–water partition coefficient (Wildman–Crippen LogP) is 1.52. The molecular weight excluding hydrogens is 317 g/mol. The van der Waals surface area contributed by atoms with Gasteiger partial charge in [0.1, 0.15) is 5.60 Å². The van der Waals surface area contributed by atoms with Crippen molar-refractivity contribution in [3.63, 3.8) is 0 Å². The second-order valence-corrected chi connectivity index (χ2v) is 6.77. The van der Waals surface area contributed by atoms with Crippen molar-refractivity contribution in [3.8, 4) is 0 Å². The van der Waals surface area contributed by atoms with Crippen LogP contribution in [0.25, 0.3) is 0 Å². The molecule has 0 bridgehead atoms. The number of carbonyl (C=O) groups excluding carboxylic acids is 1. The van der Waals surface area contributed by atoms with Gasteiger partial charge in [-0.3, -0.25) is 4.90 Å². The molecule has 2 N–H and O–H groups in total. The standard InChI is InChI=1S/C14H25F3N2O4/c1-13(2,3)23-12(21)18-9(5-14(15,16)17)6-19(4)10-7-22-8-11(10)20/h9-11,20H,5-8H2,1-4H3,(H,18,21)/t9?,10-,11-/m1/s1. The number of likely N-dealkylation sites (N-methyl/N-ethyl adjacent to an activating group) is 1. The summed E-state index contributed by atoms with van der Waals surface area (Å²) in [6, 6.07) is -1.58. The summed E-state index contributed by atoms with van der Waals surface area (Å²) in [6.45, 7) is 5.20. The number of alkyl carbamates (subject to hydrolysis) is 1. The minimum absolute atomic E-state index is 0.0795. The van der Waals surface area contributed by atoms with Gasteiger partial charge in [-0.15, -0.1) is 0 Å². The van der Waals surface area contributed by atoms with E-state index in [0.29, 0.717) is 0 Å². The van der Waals surface area contributed by atoms with Crippen molar-refractivity contribution in [1.29, 1.82) is 0 Å². The molecule has 1 aliphatic heterocycles. The number of hydrogen-bond acceptors (Lipinski definition) is 5. The maximum absolute atomic E-state index is 12.7. The largest absolute Gasteiger partial charge is 0.444 e. The van der Waals surface area contributed by atoms with Gasteiger partial charge >= 0.3 is 12.3 Å². The lowest BCUT2D eigenvalue weighted by molar-refractivity contribution is -0.141. The molecule has 0 radical (unpaired) electrons. The highest BCUT2D eigenvalue weighted by Gasteiger charge is 2.36. The Labute approximate surface area is 133 Å². The van der Waals surface area contributed by atoms with E-state index in [1.165, 1.54) is 0 Å². The van der Waals surface area contributed by atoms with E-state index in [2.05, 4.69) is 5.32 Å². The van der Waals surface area contributed by atoms with Crippen molar-refractivity contribution >= 4 is 6.09 Å². The van der Waals surface area contributed by atoms with Crippen LogP contribution in [0.4, 0.5) is 18.0 Å². The third kappa shape index (κ3) is 7.85. The first-order valence-corrected chi connectivity index (χ1v) is 7.40. The number of carbonyl (C=O) groups is 1. The van der Waals surface area contributed by atoms with E-state index in [4.69, 9.17) is 9.47 Å². The Kier molecular flexibility index (Phi) is 6.67. The highest BCUT2D eigenvalue weighted by atomic mass is 19.4. The molecule has 1 unspecified atom stereocenters. The average Bonchev–Trinajstić information content (AvgIpc) is 2.69. The molecule has 0 aliphatic carbocycles. The van der Waals surface area contributed by atoms with E-state index in [-0.39, 0.29) is 19.8 Å². The molecular formula is C14H25F3N2O4. The zero-order valence-electron chi connectivity index (χ0n) is 13.8. The molecule has 9 heteroatoms. The fourth-order valence-corrected chi connectivity index (χ4v) is 2.35. The van der Waals surface area contributed by atoms with E-state index < -0.39 is 42.5 Å². The average molecular weight is 342 g/mol. The molecule has 1 amide bonds. The highest BCUT2D eigenvalue weighted by Crippen LogP contribution is 2.23. The quantitative estimate of drug-likeness (QED) is 0.793. The summed E-state index contributed by atoms with van der Waals surface area (Å²) in [5.41, 5.74) is -0.797. The summed E-state index contributed by atoms with van der Waals surface area (Å²) < 4.78 is 48.2. The van der Waals surface area contributed by atoms with Crippen LogP contribution in [-0.4, -0.2) is 72.9 Å². The van der Waals surface area contributed by atoms with Crippen LogP contribution in [0.1, 0.15) is 27.2 Å². The zero-order valence-corrected chi connectivity index (χ0v) is 13.8. The minimum atomic E-state index is -4.43. The summed E-state index contributed by atoms with van der Waals surface area (Å²) >= 11 is 0. The molecule has 0 saturated carbocycles. The van der Waals surface area contributed by atoms with Gasteiger partial charge in [0, 0.05) is 6.54 Å². The summed E-state index contributed by atoms with van der Waals surface area (Å²) in [5.74, 6) is 0. The summed E-state index contributed by atoms with van der Waals surface area (Å²) in [5, 5.41) is 12.0. The van der Waals surface area contributed by atoms with Crippen LogP contribution in [0, 0.1) is 0 Å². The molecule has 0 aromatic carbocycles. The van der Waals surface area contributed by atoms with Gasteiger partial charge in [-0.2, -0.15) is 13.2 Å². The first-order valence-electron chi connectivity index (χ1n) is 7.40. The smallest absolute Gasteiger partial charge is 0.407 e. The molecule has 0 spiro atoms. The van der Waals surface area contributed by atoms with Gasteiger partial charge in [0.25, 0.3) is 0 Å². The second kappa shape index (κ2) is 7.67. The van der Waals surface area contributed by atoms with Gasteiger partial charge in [-0.05, 0) is 27.8 Å². The number of alkyl halides is 3. The lowest BCUT2D eigenvalue weighted by Crippen LogP contribution is -2.50. The maximum Gasteiger partial charge on any atom is 0.407 e. The Bertz CT molecular complexity index is 398. The number of rotatable bonds is 5. The number of halogens is 3. The number of nitrogens with one attached hydrogen (secondary N) is 1. The lowest BCUT2D eigenvalue weighted by Gasteiger charge is -2.31. The Balaban J connectivity index is 2.66. The number of ether oxygens (including phenoxy) is 2. The number of hydrogen-bond donors (Lipinski definition) is 2. The van der Waals surface area contributed by atoms with E-state index in [1.807, 2.05) is 0 Å². The molecule has 1 saturated heterocycles. The van der Waals surface area contributed by atoms with Gasteiger partial charge in [0.2, 0.25) is 0 Å². The molecule has 0 aromatic rings. The van der Waals surface area contributed by atoms with Gasteiger partial charge < -0.3 is 19.9 Å². The van der Waals surface area contributed by atoms with Gasteiger partial charge in [0.15, 0.2) is 0 Å². The first-order chi connectivity index (χ1) is 10.4. The molecule has 1 fully saturated rings. The van der Waals surface area contributed by atoms with Crippen LogP contribution >= 0.6 is 0 Å². The van der Waals surface area contributed by atoms with Crippen LogP contribution in [0.3, 0.4) is 0 Å². The van der Waals surface area contributed by atoms with E-state index in [1.54, 1.807) is 32.7 Å². The monoisotopic (exact) mass is 342 g/mol. The van der Waals surface area contributed by atoms with Crippen LogP contribution in [0.15, 0.2) is 0 Å². The number of aliphatic hydroxyl groups excluding tert-OH is 1. The normalized spacial score (nSPS) is 23.9. The fourth-order valence-electron chi connectivity index (χ4n) is 2.35. The third-order valence-electron chi connectivity index (χ3n) is 3.29. The van der Waals surface area contributed by atoms with E-state index in [0.717, 1.165) is 0 Å². The van der Waals surface area contributed by atoms with Crippen LogP contribution in [-0.2, 0) is 9.47 Å².